The van der Waals surface area contributed by atoms with Crippen molar-refractivity contribution >= 4 is 40.6 Å². The van der Waals surface area contributed by atoms with Gasteiger partial charge >= 0.3 is 0 Å². The summed E-state index contributed by atoms with van der Waals surface area (Å²) in [4.78, 5) is 23.3. The van der Waals surface area contributed by atoms with Gasteiger partial charge in [0.2, 0.25) is 5.91 Å². The zero-order valence-corrected chi connectivity index (χ0v) is 15.6. The molecule has 1 atom stereocenters. The van der Waals surface area contributed by atoms with Crippen LogP contribution >= 0.6 is 23.4 Å². The molecule has 1 N–H and O–H groups in total. The normalized spacial score (nSPS) is 15.6. The van der Waals surface area contributed by atoms with E-state index in [1.807, 2.05) is 30.3 Å². The monoisotopic (exact) mass is 390 g/mol. The van der Waals surface area contributed by atoms with Crippen LogP contribution in [0.1, 0.15) is 36.5 Å². The first kappa shape index (κ1) is 18.7. The van der Waals surface area contributed by atoms with Gasteiger partial charge in [-0.25, -0.2) is 0 Å². The van der Waals surface area contributed by atoms with Crippen molar-refractivity contribution in [3.05, 3.63) is 69.2 Å². The molecule has 0 saturated heterocycles. The second kappa shape index (κ2) is 8.56. The highest BCUT2D eigenvalue weighted by atomic mass is 35.5. The molecule has 0 bridgehead atoms. The average Bonchev–Trinajstić information content (AvgIpc) is 3.15. The van der Waals surface area contributed by atoms with Crippen molar-refractivity contribution in [3.63, 3.8) is 0 Å². The summed E-state index contributed by atoms with van der Waals surface area (Å²) in [5, 5.41) is 14.0. The Balaban J connectivity index is 1.80. The molecule has 2 aromatic rings. The Labute approximate surface area is 161 Å². The number of carbonyl (C=O) groups excluding carboxylic acids is 1. The van der Waals surface area contributed by atoms with Crippen LogP contribution in [0.4, 0.5) is 11.4 Å². The maximum absolute atomic E-state index is 12.9. The minimum absolute atomic E-state index is 0.104. The Kier molecular flexibility index (Phi) is 6.16. The van der Waals surface area contributed by atoms with Gasteiger partial charge < -0.3 is 5.32 Å². The minimum Gasteiger partial charge on any atom is -0.323 e. The zero-order valence-electron chi connectivity index (χ0n) is 14.1. The van der Waals surface area contributed by atoms with Crippen LogP contribution in [0.15, 0.2) is 48.5 Å². The summed E-state index contributed by atoms with van der Waals surface area (Å²) in [5.41, 5.74) is 1.23. The van der Waals surface area contributed by atoms with Gasteiger partial charge in [-0.3, -0.25) is 14.9 Å². The summed E-state index contributed by atoms with van der Waals surface area (Å²) in [7, 11) is 0. The molecule has 0 aromatic heterocycles. The van der Waals surface area contributed by atoms with Gasteiger partial charge in [-0.15, -0.1) is 11.8 Å². The minimum atomic E-state index is -0.514. The van der Waals surface area contributed by atoms with Gasteiger partial charge in [-0.05, 0) is 24.5 Å². The molecule has 136 valence electrons. The lowest BCUT2D eigenvalue weighted by Crippen LogP contribution is -2.21. The SMILES string of the molecule is O=C(Nc1ccc([N+](=O)[O-])cc1Cl)[C@H](SC1CCCC1)c1ccccc1. The molecule has 0 radical (unpaired) electrons. The molecular weight excluding hydrogens is 372 g/mol. The van der Waals surface area contributed by atoms with E-state index in [0.29, 0.717) is 10.9 Å². The van der Waals surface area contributed by atoms with E-state index in [1.165, 1.54) is 31.0 Å². The second-order valence-electron chi connectivity index (χ2n) is 6.24. The summed E-state index contributed by atoms with van der Waals surface area (Å²) in [6.07, 6.45) is 4.66. The standard InChI is InChI=1S/C19H19ClN2O3S/c20-16-12-14(22(24)25)10-11-17(16)21-19(23)18(13-6-2-1-3-7-13)26-15-8-4-5-9-15/h1-3,6-7,10-12,15,18H,4-5,8-9H2,(H,21,23)/t18-/m1/s1. The molecule has 0 spiro atoms. The molecule has 0 aliphatic heterocycles. The van der Waals surface area contributed by atoms with E-state index in [1.54, 1.807) is 11.8 Å². The molecule has 1 aliphatic carbocycles. The van der Waals surface area contributed by atoms with Crippen LogP contribution < -0.4 is 5.32 Å². The van der Waals surface area contributed by atoms with Crippen molar-refractivity contribution in [2.75, 3.05) is 5.32 Å². The number of nitrogens with zero attached hydrogens (tertiary/aromatic N) is 1. The molecule has 2 aromatic carbocycles. The first-order valence-corrected chi connectivity index (χ1v) is 9.82. The molecule has 0 heterocycles. The van der Waals surface area contributed by atoms with Gasteiger partial charge in [0.25, 0.3) is 5.69 Å². The van der Waals surface area contributed by atoms with Gasteiger partial charge in [0.1, 0.15) is 5.25 Å². The number of hydrogen-bond donors (Lipinski definition) is 1. The van der Waals surface area contributed by atoms with E-state index < -0.39 is 4.92 Å². The van der Waals surface area contributed by atoms with Crippen LogP contribution in [0.5, 0.6) is 0 Å². The number of amides is 1. The number of rotatable bonds is 6. The van der Waals surface area contributed by atoms with Gasteiger partial charge in [0.05, 0.1) is 15.6 Å². The number of halogens is 1. The van der Waals surface area contributed by atoms with Crippen molar-refractivity contribution < 1.29 is 9.72 Å². The lowest BCUT2D eigenvalue weighted by atomic mass is 10.1. The fourth-order valence-electron chi connectivity index (χ4n) is 3.05. The smallest absolute Gasteiger partial charge is 0.271 e. The number of carbonyl (C=O) groups is 1. The third kappa shape index (κ3) is 4.56. The summed E-state index contributed by atoms with van der Waals surface area (Å²) in [6.45, 7) is 0. The quantitative estimate of drug-likeness (QED) is 0.514. The summed E-state index contributed by atoms with van der Waals surface area (Å²) in [5.74, 6) is -0.163. The first-order chi connectivity index (χ1) is 12.5. The topological polar surface area (TPSA) is 72.2 Å². The highest BCUT2D eigenvalue weighted by molar-refractivity contribution is 8.00. The maximum atomic E-state index is 12.9. The van der Waals surface area contributed by atoms with Gasteiger partial charge in [-0.2, -0.15) is 0 Å². The van der Waals surface area contributed by atoms with E-state index in [2.05, 4.69) is 5.32 Å². The third-order valence-electron chi connectivity index (χ3n) is 4.39. The fourth-order valence-corrected chi connectivity index (χ4v) is 4.76. The van der Waals surface area contributed by atoms with Crippen LogP contribution in [0.25, 0.3) is 0 Å². The molecule has 3 rings (SSSR count). The Morgan fingerprint density at radius 1 is 1.19 bits per heavy atom. The lowest BCUT2D eigenvalue weighted by molar-refractivity contribution is -0.384. The highest BCUT2D eigenvalue weighted by Crippen LogP contribution is 2.40. The predicted octanol–water partition coefficient (Wildman–Crippen LogP) is 5.60. The van der Waals surface area contributed by atoms with Crippen molar-refractivity contribution in [1.29, 1.82) is 0 Å². The Hall–Kier alpha value is -2.05. The predicted molar refractivity (Wildman–Crippen MR) is 106 cm³/mol. The molecule has 5 nitrogen and oxygen atoms in total. The van der Waals surface area contributed by atoms with E-state index in [4.69, 9.17) is 11.6 Å². The maximum Gasteiger partial charge on any atom is 0.271 e. The van der Waals surface area contributed by atoms with E-state index >= 15 is 0 Å². The Morgan fingerprint density at radius 3 is 2.50 bits per heavy atom. The van der Waals surface area contributed by atoms with E-state index in [9.17, 15) is 14.9 Å². The van der Waals surface area contributed by atoms with E-state index in [0.717, 1.165) is 18.4 Å². The van der Waals surface area contributed by atoms with Crippen LogP contribution in [-0.2, 0) is 4.79 Å². The number of benzene rings is 2. The molecule has 7 heteroatoms. The van der Waals surface area contributed by atoms with Crippen molar-refractivity contribution in [1.82, 2.24) is 0 Å². The number of anilines is 1. The molecule has 0 unspecified atom stereocenters. The summed E-state index contributed by atoms with van der Waals surface area (Å²) >= 11 is 7.80. The molecule has 26 heavy (non-hydrogen) atoms. The van der Waals surface area contributed by atoms with Crippen molar-refractivity contribution in [2.24, 2.45) is 0 Å². The van der Waals surface area contributed by atoms with Gasteiger partial charge in [0, 0.05) is 17.4 Å². The van der Waals surface area contributed by atoms with E-state index in [-0.39, 0.29) is 21.9 Å². The van der Waals surface area contributed by atoms with Crippen LogP contribution in [-0.4, -0.2) is 16.1 Å². The van der Waals surface area contributed by atoms with Crippen molar-refractivity contribution in [2.45, 2.75) is 36.2 Å². The molecule has 1 aliphatic rings. The largest absolute Gasteiger partial charge is 0.323 e. The third-order valence-corrected chi connectivity index (χ3v) is 6.32. The Bertz CT molecular complexity index is 795. The van der Waals surface area contributed by atoms with Gasteiger partial charge in [-0.1, -0.05) is 54.8 Å². The number of non-ortho nitro benzene ring substituents is 1. The summed E-state index contributed by atoms with van der Waals surface area (Å²) < 4.78 is 0. The fraction of sp³-hybridized carbons (Fsp3) is 0.316. The van der Waals surface area contributed by atoms with Crippen LogP contribution in [0.3, 0.4) is 0 Å². The highest BCUT2D eigenvalue weighted by Gasteiger charge is 2.27. The molecule has 1 amide bonds. The summed E-state index contributed by atoms with van der Waals surface area (Å²) in [6, 6.07) is 13.7. The van der Waals surface area contributed by atoms with Crippen molar-refractivity contribution in [3.8, 4) is 0 Å². The van der Waals surface area contributed by atoms with Gasteiger partial charge in [0.15, 0.2) is 0 Å². The number of thioether (sulfide) groups is 1. The number of nitrogens with one attached hydrogen (secondary N) is 1. The zero-order chi connectivity index (χ0) is 18.5. The molecule has 1 fully saturated rings. The molecular formula is C19H19ClN2O3S. The average molecular weight is 391 g/mol. The number of hydrogen-bond acceptors (Lipinski definition) is 4. The Morgan fingerprint density at radius 2 is 1.88 bits per heavy atom. The number of nitro groups is 1. The number of nitro benzene ring substituents is 1. The first-order valence-electron chi connectivity index (χ1n) is 8.50. The lowest BCUT2D eigenvalue weighted by Gasteiger charge is -2.20. The van der Waals surface area contributed by atoms with Crippen LogP contribution in [0, 0.1) is 10.1 Å². The second-order valence-corrected chi connectivity index (χ2v) is 8.06. The molecule has 1 saturated carbocycles. The van der Waals surface area contributed by atoms with Crippen LogP contribution in [0.2, 0.25) is 5.02 Å².